The van der Waals surface area contributed by atoms with E-state index in [0.29, 0.717) is 35.6 Å². The number of fused-ring (bicyclic) bond motifs is 1. The highest BCUT2D eigenvalue weighted by Gasteiger charge is 2.17. The monoisotopic (exact) mass is 349 g/mol. The number of benzene rings is 1. The predicted octanol–water partition coefficient (Wildman–Crippen LogP) is 2.18. The molecule has 0 bridgehead atoms. The highest BCUT2D eigenvalue weighted by Crippen LogP contribution is 2.22. The van der Waals surface area contributed by atoms with Crippen molar-refractivity contribution in [1.82, 2.24) is 9.55 Å². The smallest absolute Gasteiger partial charge is 0.262 e. The third-order valence-electron chi connectivity index (χ3n) is 3.49. The fraction of sp³-hybridized carbons (Fsp3) is 0.471. The van der Waals surface area contributed by atoms with Crippen molar-refractivity contribution in [3.8, 4) is 0 Å². The summed E-state index contributed by atoms with van der Waals surface area (Å²) in [4.78, 5) is 28.7. The molecule has 1 amide bonds. The molecule has 0 unspecified atom stereocenters. The minimum atomic E-state index is -0.462. The van der Waals surface area contributed by atoms with Gasteiger partial charge in [0, 0.05) is 13.2 Å². The summed E-state index contributed by atoms with van der Waals surface area (Å²) in [5.74, 6) is -0.433. The lowest BCUT2D eigenvalue weighted by Gasteiger charge is -2.15. The molecule has 0 saturated carbocycles. The Morgan fingerprint density at radius 1 is 1.33 bits per heavy atom. The van der Waals surface area contributed by atoms with Crippen LogP contribution < -0.4 is 11.3 Å². The maximum absolute atomic E-state index is 12.8. The molecule has 130 valence electrons. The van der Waals surface area contributed by atoms with Gasteiger partial charge in [-0.25, -0.2) is 4.98 Å². The zero-order valence-electron chi connectivity index (χ0n) is 14.2. The molecule has 6 nitrogen and oxygen atoms in total. The van der Waals surface area contributed by atoms with E-state index < -0.39 is 11.2 Å². The number of para-hydroxylation sites is 1. The Bertz CT molecular complexity index is 773. The first kappa shape index (κ1) is 18.5. The van der Waals surface area contributed by atoms with Gasteiger partial charge in [0.2, 0.25) is 5.91 Å². The quantitative estimate of drug-likeness (QED) is 0.448. The average Bonchev–Trinajstić information content (AvgIpc) is 2.53. The van der Waals surface area contributed by atoms with Gasteiger partial charge in [0.05, 0.1) is 22.3 Å². The molecule has 2 rings (SSSR count). The second kappa shape index (κ2) is 8.30. The van der Waals surface area contributed by atoms with Crippen LogP contribution >= 0.6 is 11.8 Å². The Morgan fingerprint density at radius 3 is 2.71 bits per heavy atom. The SMILES string of the molecule is CC(C)OCCCn1c(S[C@H](C)C(N)=O)nc2ccccc2c1=O. The Labute approximate surface area is 145 Å². The van der Waals surface area contributed by atoms with Crippen molar-refractivity contribution in [1.29, 1.82) is 0 Å². The van der Waals surface area contributed by atoms with E-state index in [-0.39, 0.29) is 11.7 Å². The van der Waals surface area contributed by atoms with Crippen molar-refractivity contribution in [2.24, 2.45) is 5.73 Å². The largest absolute Gasteiger partial charge is 0.379 e. The molecule has 0 radical (unpaired) electrons. The topological polar surface area (TPSA) is 87.2 Å². The molecule has 0 aliphatic heterocycles. The van der Waals surface area contributed by atoms with Crippen molar-refractivity contribution < 1.29 is 9.53 Å². The molecule has 2 aromatic rings. The normalized spacial score (nSPS) is 12.7. The first-order valence-corrected chi connectivity index (χ1v) is 8.85. The van der Waals surface area contributed by atoms with Gasteiger partial charge in [-0.2, -0.15) is 0 Å². The number of hydrogen-bond donors (Lipinski definition) is 1. The number of primary amides is 1. The molecule has 24 heavy (non-hydrogen) atoms. The van der Waals surface area contributed by atoms with E-state index in [0.717, 1.165) is 0 Å². The van der Waals surface area contributed by atoms with Crippen LogP contribution in [0, 0.1) is 0 Å². The molecule has 1 heterocycles. The second-order valence-corrected chi connectivity index (χ2v) is 7.11. The summed E-state index contributed by atoms with van der Waals surface area (Å²) >= 11 is 1.21. The number of hydrogen-bond acceptors (Lipinski definition) is 5. The average molecular weight is 349 g/mol. The van der Waals surface area contributed by atoms with Crippen molar-refractivity contribution >= 4 is 28.6 Å². The van der Waals surface area contributed by atoms with Gasteiger partial charge in [-0.3, -0.25) is 14.2 Å². The highest BCUT2D eigenvalue weighted by atomic mass is 32.2. The lowest BCUT2D eigenvalue weighted by molar-refractivity contribution is -0.117. The molecule has 1 aromatic heterocycles. The van der Waals surface area contributed by atoms with E-state index in [9.17, 15) is 9.59 Å². The molecule has 0 fully saturated rings. The molecule has 0 spiro atoms. The van der Waals surface area contributed by atoms with Gasteiger partial charge in [-0.15, -0.1) is 0 Å². The Hall–Kier alpha value is -1.86. The first-order valence-electron chi connectivity index (χ1n) is 7.97. The zero-order valence-corrected chi connectivity index (χ0v) is 15.0. The van der Waals surface area contributed by atoms with Crippen LogP contribution in [0.4, 0.5) is 0 Å². The number of aromatic nitrogens is 2. The molecular weight excluding hydrogens is 326 g/mol. The molecular formula is C17H23N3O3S. The summed E-state index contributed by atoms with van der Waals surface area (Å²) in [6.07, 6.45) is 0.844. The van der Waals surface area contributed by atoms with Crippen LogP contribution in [0.15, 0.2) is 34.2 Å². The van der Waals surface area contributed by atoms with E-state index in [1.807, 2.05) is 26.0 Å². The highest BCUT2D eigenvalue weighted by molar-refractivity contribution is 8.00. The van der Waals surface area contributed by atoms with Crippen LogP contribution in [0.1, 0.15) is 27.2 Å². The zero-order chi connectivity index (χ0) is 17.7. The van der Waals surface area contributed by atoms with Gasteiger partial charge < -0.3 is 10.5 Å². The van der Waals surface area contributed by atoms with Crippen molar-refractivity contribution in [3.63, 3.8) is 0 Å². The number of ether oxygens (including phenoxy) is 1. The van der Waals surface area contributed by atoms with Crippen LogP contribution in [0.25, 0.3) is 10.9 Å². The van der Waals surface area contributed by atoms with Gasteiger partial charge in [0.15, 0.2) is 5.16 Å². The maximum atomic E-state index is 12.8. The summed E-state index contributed by atoms with van der Waals surface area (Å²) < 4.78 is 7.14. The third kappa shape index (κ3) is 4.58. The molecule has 2 N–H and O–H groups in total. The van der Waals surface area contributed by atoms with E-state index in [1.54, 1.807) is 23.6 Å². The molecule has 0 saturated heterocycles. The fourth-order valence-electron chi connectivity index (χ4n) is 2.19. The molecule has 1 aromatic carbocycles. The van der Waals surface area contributed by atoms with Crippen LogP contribution in [-0.2, 0) is 16.1 Å². The van der Waals surface area contributed by atoms with Crippen LogP contribution in [-0.4, -0.2) is 33.4 Å². The lowest BCUT2D eigenvalue weighted by atomic mass is 10.2. The minimum absolute atomic E-state index is 0.107. The Kier molecular flexibility index (Phi) is 6.39. The van der Waals surface area contributed by atoms with Gasteiger partial charge in [0.1, 0.15) is 0 Å². The summed E-state index contributed by atoms with van der Waals surface area (Å²) in [5.41, 5.74) is 5.86. The Morgan fingerprint density at radius 2 is 2.04 bits per heavy atom. The summed E-state index contributed by atoms with van der Waals surface area (Å²) in [6, 6.07) is 7.21. The number of carbonyl (C=O) groups excluding carboxylic acids is 1. The number of carbonyl (C=O) groups is 1. The summed E-state index contributed by atoms with van der Waals surface area (Å²) in [6.45, 7) is 6.70. The van der Waals surface area contributed by atoms with Crippen molar-refractivity contribution in [3.05, 3.63) is 34.6 Å². The van der Waals surface area contributed by atoms with Crippen LogP contribution in [0.5, 0.6) is 0 Å². The summed E-state index contributed by atoms with van der Waals surface area (Å²) in [5, 5.41) is 0.615. The maximum Gasteiger partial charge on any atom is 0.262 e. The molecule has 7 heteroatoms. The van der Waals surface area contributed by atoms with Crippen LogP contribution in [0.3, 0.4) is 0 Å². The number of nitrogens with two attached hydrogens (primary N) is 1. The first-order chi connectivity index (χ1) is 11.4. The van der Waals surface area contributed by atoms with E-state index >= 15 is 0 Å². The van der Waals surface area contributed by atoms with Crippen molar-refractivity contribution in [2.45, 2.75) is 50.2 Å². The number of rotatable bonds is 8. The standard InChI is InChI=1S/C17H23N3O3S/c1-11(2)23-10-6-9-20-16(22)13-7-4-5-8-14(13)19-17(20)24-12(3)15(18)21/h4-5,7-8,11-12H,6,9-10H2,1-3H3,(H2,18,21)/t12-/m1/s1. The minimum Gasteiger partial charge on any atom is -0.379 e. The van der Waals surface area contributed by atoms with E-state index in [1.165, 1.54) is 11.8 Å². The van der Waals surface area contributed by atoms with Crippen LogP contribution in [0.2, 0.25) is 0 Å². The third-order valence-corrected chi connectivity index (χ3v) is 4.60. The van der Waals surface area contributed by atoms with Crippen molar-refractivity contribution in [2.75, 3.05) is 6.61 Å². The lowest BCUT2D eigenvalue weighted by Crippen LogP contribution is -2.27. The molecule has 0 aliphatic rings. The molecule has 0 aliphatic carbocycles. The second-order valence-electron chi connectivity index (χ2n) is 5.80. The van der Waals surface area contributed by atoms with Gasteiger partial charge in [-0.1, -0.05) is 23.9 Å². The van der Waals surface area contributed by atoms with Gasteiger partial charge in [0.25, 0.3) is 5.56 Å². The van der Waals surface area contributed by atoms with E-state index in [2.05, 4.69) is 4.98 Å². The summed E-state index contributed by atoms with van der Waals surface area (Å²) in [7, 11) is 0. The number of amides is 1. The van der Waals surface area contributed by atoms with Gasteiger partial charge >= 0.3 is 0 Å². The Balaban J connectivity index is 2.34. The predicted molar refractivity (Wildman–Crippen MR) is 96.2 cm³/mol. The van der Waals surface area contributed by atoms with E-state index in [4.69, 9.17) is 10.5 Å². The number of nitrogens with zero attached hydrogens (tertiary/aromatic N) is 2. The number of thioether (sulfide) groups is 1. The molecule has 1 atom stereocenters. The fourth-order valence-corrected chi connectivity index (χ4v) is 3.08. The van der Waals surface area contributed by atoms with Gasteiger partial charge in [-0.05, 0) is 39.3 Å².